The van der Waals surface area contributed by atoms with E-state index in [0.717, 1.165) is 0 Å². The van der Waals surface area contributed by atoms with E-state index in [2.05, 4.69) is 25.3 Å². The number of pyridine rings is 1. The number of aromatic nitrogens is 3. The highest BCUT2D eigenvalue weighted by Gasteiger charge is 2.32. The zero-order valence-corrected chi connectivity index (χ0v) is 14.4. The van der Waals surface area contributed by atoms with Crippen molar-refractivity contribution in [3.63, 3.8) is 0 Å². The zero-order chi connectivity index (χ0) is 20.1. The summed E-state index contributed by atoms with van der Waals surface area (Å²) in [6, 6.07) is 9.25. The molecular weight excluding hydrogens is 375 g/mol. The molecule has 28 heavy (non-hydrogen) atoms. The first kappa shape index (κ1) is 19.2. The van der Waals surface area contributed by atoms with Crippen LogP contribution in [0.15, 0.2) is 60.2 Å². The second kappa shape index (κ2) is 7.96. The minimum absolute atomic E-state index is 0.139. The molecule has 5 N–H and O–H groups in total. The lowest BCUT2D eigenvalue weighted by Crippen LogP contribution is -2.23. The Hall–Kier alpha value is -3.60. The molecule has 11 heteroatoms. The summed E-state index contributed by atoms with van der Waals surface area (Å²) >= 11 is 0. The molecule has 0 radical (unpaired) electrons. The fourth-order valence-corrected chi connectivity index (χ4v) is 2.50. The van der Waals surface area contributed by atoms with E-state index < -0.39 is 6.36 Å². The number of rotatable bonds is 6. The molecule has 0 saturated heterocycles. The van der Waals surface area contributed by atoms with Gasteiger partial charge in [0.25, 0.3) is 0 Å². The second-order valence-electron chi connectivity index (χ2n) is 5.64. The van der Waals surface area contributed by atoms with Crippen molar-refractivity contribution in [1.82, 2.24) is 20.1 Å². The van der Waals surface area contributed by atoms with Crippen molar-refractivity contribution in [1.29, 1.82) is 0 Å². The van der Waals surface area contributed by atoms with E-state index in [-0.39, 0.29) is 18.1 Å². The fourth-order valence-electron chi connectivity index (χ4n) is 2.50. The molecule has 0 saturated carbocycles. The number of imidazole rings is 1. The van der Waals surface area contributed by atoms with Crippen LogP contribution in [-0.2, 0) is 6.54 Å². The topological polar surface area (TPSA) is 116 Å². The van der Waals surface area contributed by atoms with E-state index in [0.29, 0.717) is 22.5 Å². The number of hydrogen-bond donors (Lipinski definition) is 3. The summed E-state index contributed by atoms with van der Waals surface area (Å²) in [5, 5.41) is 3.69. The first-order valence-electron chi connectivity index (χ1n) is 7.96. The Morgan fingerprint density at radius 3 is 2.71 bits per heavy atom. The first-order valence-corrected chi connectivity index (χ1v) is 7.96. The SMILES string of the molecule is NN/N=C(\N)c1ccnc(-c2cn(Cc3ccccc3OC(F)(F)F)cn2)c1. The average molecular weight is 391 g/mol. The van der Waals surface area contributed by atoms with Gasteiger partial charge in [0.05, 0.1) is 18.6 Å². The molecule has 0 aliphatic rings. The maximum absolute atomic E-state index is 12.6. The fraction of sp³-hybridized carbons (Fsp3) is 0.118. The van der Waals surface area contributed by atoms with Gasteiger partial charge in [-0.15, -0.1) is 18.3 Å². The van der Waals surface area contributed by atoms with Crippen LogP contribution in [0.1, 0.15) is 11.1 Å². The van der Waals surface area contributed by atoms with Crippen molar-refractivity contribution >= 4 is 5.84 Å². The van der Waals surface area contributed by atoms with Crippen molar-refractivity contribution in [2.45, 2.75) is 12.9 Å². The number of hydrazine groups is 1. The lowest BCUT2D eigenvalue weighted by atomic mass is 10.2. The summed E-state index contributed by atoms with van der Waals surface area (Å²) in [7, 11) is 0. The van der Waals surface area contributed by atoms with Crippen LogP contribution in [0.25, 0.3) is 11.4 Å². The van der Waals surface area contributed by atoms with Crippen molar-refractivity contribution in [2.24, 2.45) is 16.7 Å². The number of hydrogen-bond acceptors (Lipinski definition) is 6. The van der Waals surface area contributed by atoms with Crippen molar-refractivity contribution in [2.75, 3.05) is 0 Å². The second-order valence-corrected chi connectivity index (χ2v) is 5.64. The summed E-state index contributed by atoms with van der Waals surface area (Å²) in [4.78, 5) is 8.48. The molecule has 0 spiro atoms. The van der Waals surface area contributed by atoms with Crippen LogP contribution in [0.4, 0.5) is 13.2 Å². The molecule has 0 atom stereocenters. The number of benzene rings is 1. The van der Waals surface area contributed by atoms with Gasteiger partial charge in [-0.1, -0.05) is 18.2 Å². The predicted molar refractivity (Wildman–Crippen MR) is 95.7 cm³/mol. The smallest absolute Gasteiger partial charge is 0.405 e. The van der Waals surface area contributed by atoms with Gasteiger partial charge in [0.1, 0.15) is 11.4 Å². The molecule has 146 valence electrons. The zero-order valence-electron chi connectivity index (χ0n) is 14.4. The van der Waals surface area contributed by atoms with Crippen LogP contribution < -0.4 is 21.8 Å². The predicted octanol–water partition coefficient (Wildman–Crippen LogP) is 1.98. The van der Waals surface area contributed by atoms with Gasteiger partial charge in [-0.3, -0.25) is 4.98 Å². The Balaban J connectivity index is 1.83. The normalized spacial score (nSPS) is 12.1. The molecule has 0 aliphatic carbocycles. The van der Waals surface area contributed by atoms with Crippen LogP contribution >= 0.6 is 0 Å². The van der Waals surface area contributed by atoms with Gasteiger partial charge in [0.15, 0.2) is 5.84 Å². The molecular formula is C17H16F3N7O. The van der Waals surface area contributed by atoms with Crippen LogP contribution in [-0.4, -0.2) is 26.7 Å². The summed E-state index contributed by atoms with van der Waals surface area (Å²) in [6.07, 6.45) is -0.0760. The molecule has 8 nitrogen and oxygen atoms in total. The number of ether oxygens (including phenoxy) is 1. The number of nitrogens with two attached hydrogens (primary N) is 2. The Bertz CT molecular complexity index is 985. The Kier molecular flexibility index (Phi) is 5.45. The summed E-state index contributed by atoms with van der Waals surface area (Å²) in [5.74, 6) is 5.02. The average Bonchev–Trinajstić information content (AvgIpc) is 3.11. The number of para-hydroxylation sites is 1. The molecule has 2 aromatic heterocycles. The van der Waals surface area contributed by atoms with Gasteiger partial charge in [-0.2, -0.15) is 0 Å². The van der Waals surface area contributed by atoms with E-state index in [9.17, 15) is 13.2 Å². The minimum Gasteiger partial charge on any atom is -0.405 e. The number of alkyl halides is 3. The molecule has 0 fully saturated rings. The Morgan fingerprint density at radius 1 is 1.18 bits per heavy atom. The highest BCUT2D eigenvalue weighted by molar-refractivity contribution is 5.97. The molecule has 3 aromatic rings. The van der Waals surface area contributed by atoms with Gasteiger partial charge in [0, 0.05) is 23.5 Å². The standard InChI is InChI=1S/C17H16F3N7O/c18-17(19,20)28-15-4-2-1-3-12(15)8-27-9-14(24-10-27)13-7-11(5-6-23-13)16(21)25-26-22/h1-7,9-10,26H,8,22H2,(H2,21,25). The van der Waals surface area contributed by atoms with Gasteiger partial charge in [-0.25, -0.2) is 16.4 Å². The van der Waals surface area contributed by atoms with Gasteiger partial charge in [0.2, 0.25) is 0 Å². The molecule has 2 heterocycles. The lowest BCUT2D eigenvalue weighted by Gasteiger charge is -2.13. The summed E-state index contributed by atoms with van der Waals surface area (Å²) < 4.78 is 43.4. The van der Waals surface area contributed by atoms with Gasteiger partial charge in [-0.05, 0) is 18.2 Å². The third-order valence-electron chi connectivity index (χ3n) is 3.69. The maximum atomic E-state index is 12.6. The molecule has 0 bridgehead atoms. The van der Waals surface area contributed by atoms with Crippen molar-refractivity contribution < 1.29 is 17.9 Å². The highest BCUT2D eigenvalue weighted by atomic mass is 19.4. The monoisotopic (exact) mass is 391 g/mol. The number of halogens is 3. The van der Waals surface area contributed by atoms with Crippen LogP contribution in [0.3, 0.4) is 0 Å². The van der Waals surface area contributed by atoms with Gasteiger partial charge >= 0.3 is 6.36 Å². The number of nitrogens with zero attached hydrogens (tertiary/aromatic N) is 4. The van der Waals surface area contributed by atoms with Crippen molar-refractivity contribution in [3.05, 3.63) is 66.2 Å². The largest absolute Gasteiger partial charge is 0.573 e. The summed E-state index contributed by atoms with van der Waals surface area (Å²) in [6.45, 7) is 0.139. The van der Waals surface area contributed by atoms with Gasteiger partial charge < -0.3 is 15.0 Å². The lowest BCUT2D eigenvalue weighted by molar-refractivity contribution is -0.274. The van der Waals surface area contributed by atoms with Crippen LogP contribution in [0, 0.1) is 0 Å². The highest BCUT2D eigenvalue weighted by Crippen LogP contribution is 2.27. The van der Waals surface area contributed by atoms with E-state index in [1.807, 2.05) is 0 Å². The van der Waals surface area contributed by atoms with E-state index in [1.54, 1.807) is 35.0 Å². The third kappa shape index (κ3) is 4.76. The third-order valence-corrected chi connectivity index (χ3v) is 3.69. The van der Waals surface area contributed by atoms with E-state index in [1.165, 1.54) is 24.7 Å². The first-order chi connectivity index (χ1) is 13.4. The Morgan fingerprint density at radius 2 is 1.96 bits per heavy atom. The summed E-state index contributed by atoms with van der Waals surface area (Å²) in [5.41, 5.74) is 9.86. The minimum atomic E-state index is -4.76. The number of hydrazone groups is 1. The molecule has 1 aromatic carbocycles. The molecule has 0 unspecified atom stereocenters. The quantitative estimate of drug-likeness (QED) is 0.256. The maximum Gasteiger partial charge on any atom is 0.573 e. The van der Waals surface area contributed by atoms with E-state index >= 15 is 0 Å². The molecule has 0 aliphatic heterocycles. The van der Waals surface area contributed by atoms with E-state index in [4.69, 9.17) is 11.6 Å². The Labute approximate surface area is 157 Å². The van der Waals surface area contributed by atoms with Crippen molar-refractivity contribution in [3.8, 4) is 17.1 Å². The number of nitrogens with one attached hydrogen (secondary N) is 1. The van der Waals surface area contributed by atoms with Crippen LogP contribution in [0.2, 0.25) is 0 Å². The molecule has 0 amide bonds. The number of amidine groups is 1. The molecule has 3 rings (SSSR count). The van der Waals surface area contributed by atoms with Crippen LogP contribution in [0.5, 0.6) is 5.75 Å².